The summed E-state index contributed by atoms with van der Waals surface area (Å²) in [6.45, 7) is 3.98. The lowest BCUT2D eigenvalue weighted by Crippen LogP contribution is -2.21. The monoisotopic (exact) mass is 298 g/mol. The lowest BCUT2D eigenvalue weighted by molar-refractivity contribution is -0.140. The number of methoxy groups -OCH3 is 1. The maximum absolute atomic E-state index is 11.4. The third-order valence-corrected chi connectivity index (χ3v) is 4.56. The zero-order valence-electron chi connectivity index (χ0n) is 10.1. The maximum atomic E-state index is 11.4. The molecule has 1 N–H and O–H groups in total. The first-order valence-electron chi connectivity index (χ1n) is 5.51. The zero-order chi connectivity index (χ0) is 12.8. The topological polar surface area (TPSA) is 46.5 Å². The predicted octanol–water partition coefficient (Wildman–Crippen LogP) is 3.19. The second-order valence-corrected chi connectivity index (χ2v) is 5.39. The molecule has 0 aliphatic heterocycles. The minimum Gasteiger partial charge on any atom is -0.495 e. The summed E-state index contributed by atoms with van der Waals surface area (Å²) in [6.07, 6.45) is 1.38. The van der Waals surface area contributed by atoms with E-state index in [4.69, 9.17) is 4.74 Å². The molecular formula is C13H15BrO3. The van der Waals surface area contributed by atoms with E-state index in [1.165, 1.54) is 0 Å². The molecule has 0 heterocycles. The van der Waals surface area contributed by atoms with Crippen LogP contribution in [0.3, 0.4) is 0 Å². The number of hydrogen-bond acceptors (Lipinski definition) is 2. The Hall–Kier alpha value is -1.03. The molecule has 0 aromatic heterocycles. The van der Waals surface area contributed by atoms with Crippen molar-refractivity contribution in [3.63, 3.8) is 0 Å². The molecule has 1 aliphatic carbocycles. The Morgan fingerprint density at radius 3 is 2.47 bits per heavy atom. The average Bonchev–Trinajstić information content (AvgIpc) is 3.06. The van der Waals surface area contributed by atoms with Crippen molar-refractivity contribution in [2.75, 3.05) is 7.11 Å². The molecule has 0 spiro atoms. The van der Waals surface area contributed by atoms with Gasteiger partial charge in [0, 0.05) is 5.56 Å². The molecular weight excluding hydrogens is 284 g/mol. The van der Waals surface area contributed by atoms with Crippen molar-refractivity contribution in [1.29, 1.82) is 0 Å². The standard InChI is InChI=1S/C13H15BrO3/c1-7-6-9(13(4-5-13)12(15)16)11(17-3)10(14)8(7)2/h6H,4-5H2,1-3H3,(H,15,16). The Labute approximate surface area is 109 Å². The van der Waals surface area contributed by atoms with Gasteiger partial charge in [-0.25, -0.2) is 0 Å². The van der Waals surface area contributed by atoms with E-state index in [0.717, 1.165) is 21.2 Å². The Morgan fingerprint density at radius 2 is 2.06 bits per heavy atom. The lowest BCUT2D eigenvalue weighted by atomic mass is 9.92. The first kappa shape index (κ1) is 12.4. The summed E-state index contributed by atoms with van der Waals surface area (Å²) in [6, 6.07) is 1.94. The van der Waals surface area contributed by atoms with Gasteiger partial charge in [0.25, 0.3) is 0 Å². The second-order valence-electron chi connectivity index (χ2n) is 4.60. The molecule has 92 valence electrons. The number of halogens is 1. The van der Waals surface area contributed by atoms with Gasteiger partial charge in [-0.2, -0.15) is 0 Å². The van der Waals surface area contributed by atoms with E-state index in [9.17, 15) is 9.90 Å². The highest BCUT2D eigenvalue weighted by atomic mass is 79.9. The normalized spacial score (nSPS) is 16.7. The molecule has 0 atom stereocenters. The molecule has 1 fully saturated rings. The summed E-state index contributed by atoms with van der Waals surface area (Å²) < 4.78 is 6.24. The van der Waals surface area contributed by atoms with Crippen LogP contribution in [0.15, 0.2) is 10.5 Å². The molecule has 0 amide bonds. The van der Waals surface area contributed by atoms with Crippen LogP contribution in [-0.4, -0.2) is 18.2 Å². The van der Waals surface area contributed by atoms with E-state index in [-0.39, 0.29) is 0 Å². The maximum Gasteiger partial charge on any atom is 0.314 e. The fourth-order valence-electron chi connectivity index (χ4n) is 2.13. The Kier molecular flexibility index (Phi) is 2.94. The van der Waals surface area contributed by atoms with Crippen LogP contribution in [0.5, 0.6) is 5.75 Å². The van der Waals surface area contributed by atoms with E-state index in [1.807, 2.05) is 19.9 Å². The molecule has 1 aliphatic rings. The van der Waals surface area contributed by atoms with Crippen molar-refractivity contribution >= 4 is 21.9 Å². The van der Waals surface area contributed by atoms with Crippen LogP contribution < -0.4 is 4.74 Å². The van der Waals surface area contributed by atoms with Crippen molar-refractivity contribution in [1.82, 2.24) is 0 Å². The molecule has 0 radical (unpaired) electrons. The van der Waals surface area contributed by atoms with Crippen molar-refractivity contribution in [3.8, 4) is 5.75 Å². The van der Waals surface area contributed by atoms with E-state index in [2.05, 4.69) is 15.9 Å². The third-order valence-electron chi connectivity index (χ3n) is 3.60. The molecule has 17 heavy (non-hydrogen) atoms. The summed E-state index contributed by atoms with van der Waals surface area (Å²) in [4.78, 5) is 11.4. The number of hydrogen-bond donors (Lipinski definition) is 1. The number of ether oxygens (including phenoxy) is 1. The number of carbonyl (C=O) groups is 1. The number of aliphatic carboxylic acids is 1. The van der Waals surface area contributed by atoms with E-state index < -0.39 is 11.4 Å². The van der Waals surface area contributed by atoms with Gasteiger partial charge in [-0.3, -0.25) is 4.79 Å². The number of carboxylic acid groups (broad SMARTS) is 1. The molecule has 1 saturated carbocycles. The Bertz CT molecular complexity index is 490. The Balaban J connectivity index is 2.66. The van der Waals surface area contributed by atoms with Crippen LogP contribution in [0.25, 0.3) is 0 Å². The largest absolute Gasteiger partial charge is 0.495 e. The van der Waals surface area contributed by atoms with Gasteiger partial charge in [-0.1, -0.05) is 6.07 Å². The van der Waals surface area contributed by atoms with Gasteiger partial charge in [0.1, 0.15) is 5.75 Å². The molecule has 1 aromatic carbocycles. The summed E-state index contributed by atoms with van der Waals surface area (Å²) in [5.74, 6) is -0.0982. The molecule has 0 bridgehead atoms. The quantitative estimate of drug-likeness (QED) is 0.932. The number of carboxylic acids is 1. The fourth-order valence-corrected chi connectivity index (χ4v) is 2.82. The molecule has 4 heteroatoms. The zero-order valence-corrected chi connectivity index (χ0v) is 11.7. The number of rotatable bonds is 3. The van der Waals surface area contributed by atoms with Crippen molar-refractivity contribution in [2.45, 2.75) is 32.1 Å². The first-order chi connectivity index (χ1) is 7.94. The van der Waals surface area contributed by atoms with Gasteiger partial charge < -0.3 is 9.84 Å². The van der Waals surface area contributed by atoms with Crippen LogP contribution in [0, 0.1) is 13.8 Å². The van der Waals surface area contributed by atoms with Gasteiger partial charge >= 0.3 is 5.97 Å². The van der Waals surface area contributed by atoms with Gasteiger partial charge in [0.15, 0.2) is 0 Å². The predicted molar refractivity (Wildman–Crippen MR) is 68.7 cm³/mol. The molecule has 0 saturated heterocycles. The van der Waals surface area contributed by atoms with Crippen LogP contribution in [0.4, 0.5) is 0 Å². The lowest BCUT2D eigenvalue weighted by Gasteiger charge is -2.19. The van der Waals surface area contributed by atoms with Gasteiger partial charge in [-0.15, -0.1) is 0 Å². The van der Waals surface area contributed by atoms with E-state index in [1.54, 1.807) is 7.11 Å². The van der Waals surface area contributed by atoms with Crippen molar-refractivity contribution in [3.05, 3.63) is 27.2 Å². The number of aryl methyl sites for hydroxylation is 1. The van der Waals surface area contributed by atoms with Gasteiger partial charge in [-0.05, 0) is 53.7 Å². The van der Waals surface area contributed by atoms with Crippen molar-refractivity contribution in [2.24, 2.45) is 0 Å². The highest BCUT2D eigenvalue weighted by molar-refractivity contribution is 9.10. The molecule has 2 rings (SSSR count). The highest BCUT2D eigenvalue weighted by Crippen LogP contribution is 2.53. The Morgan fingerprint density at radius 1 is 1.47 bits per heavy atom. The van der Waals surface area contributed by atoms with Crippen LogP contribution in [0.1, 0.15) is 29.5 Å². The minimum absolute atomic E-state index is 0.660. The average molecular weight is 299 g/mol. The SMILES string of the molecule is COc1c(C2(C(=O)O)CC2)cc(C)c(C)c1Br. The minimum atomic E-state index is -0.758. The number of benzene rings is 1. The van der Waals surface area contributed by atoms with Crippen LogP contribution >= 0.6 is 15.9 Å². The fraction of sp³-hybridized carbons (Fsp3) is 0.462. The van der Waals surface area contributed by atoms with E-state index >= 15 is 0 Å². The van der Waals surface area contributed by atoms with E-state index in [0.29, 0.717) is 18.6 Å². The van der Waals surface area contributed by atoms with Gasteiger partial charge in [0.2, 0.25) is 0 Å². The molecule has 3 nitrogen and oxygen atoms in total. The first-order valence-corrected chi connectivity index (χ1v) is 6.31. The van der Waals surface area contributed by atoms with Crippen LogP contribution in [0.2, 0.25) is 0 Å². The van der Waals surface area contributed by atoms with Gasteiger partial charge in [0.05, 0.1) is 17.0 Å². The summed E-state index contributed by atoms with van der Waals surface area (Å²) in [5.41, 5.74) is 2.24. The smallest absolute Gasteiger partial charge is 0.314 e. The summed E-state index contributed by atoms with van der Waals surface area (Å²) >= 11 is 3.49. The second kappa shape index (κ2) is 4.02. The molecule has 0 unspecified atom stereocenters. The third kappa shape index (κ3) is 1.75. The molecule has 1 aromatic rings. The summed E-state index contributed by atoms with van der Waals surface area (Å²) in [5, 5.41) is 9.36. The highest BCUT2D eigenvalue weighted by Gasteiger charge is 2.53. The van der Waals surface area contributed by atoms with Crippen LogP contribution in [-0.2, 0) is 10.2 Å². The van der Waals surface area contributed by atoms with Crippen molar-refractivity contribution < 1.29 is 14.6 Å². The summed E-state index contributed by atoms with van der Waals surface area (Å²) in [7, 11) is 1.58.